The van der Waals surface area contributed by atoms with Gasteiger partial charge in [-0.25, -0.2) is 4.68 Å². The first-order chi connectivity index (χ1) is 15.1. The molecule has 2 heterocycles. The van der Waals surface area contributed by atoms with Crippen LogP contribution in [0.4, 0.5) is 18.9 Å². The van der Waals surface area contributed by atoms with Gasteiger partial charge in [0.2, 0.25) is 5.91 Å². The van der Waals surface area contributed by atoms with Crippen LogP contribution in [0.5, 0.6) is 0 Å². The molecule has 1 aliphatic rings. The lowest BCUT2D eigenvalue weighted by atomic mass is 10.0. The molecule has 1 aromatic heterocycles. The monoisotopic (exact) mass is 445 g/mol. The van der Waals surface area contributed by atoms with Gasteiger partial charge in [0.1, 0.15) is 5.52 Å². The molecule has 0 unspecified atom stereocenters. The SMILES string of the molecule is Cc1cc(C)c(NC(=O)CN2CCC(n3nnc4cc(C(F)(F)F)ccc43)CC2)c(C)c1. The van der Waals surface area contributed by atoms with Crippen LogP contribution in [0.1, 0.15) is 41.1 Å². The summed E-state index contributed by atoms with van der Waals surface area (Å²) in [7, 11) is 0. The predicted octanol–water partition coefficient (Wildman–Crippen LogP) is 4.65. The van der Waals surface area contributed by atoms with Gasteiger partial charge < -0.3 is 5.32 Å². The molecule has 0 atom stereocenters. The standard InChI is InChI=1S/C23H26F3N5O/c1-14-10-15(2)22(16(3)11-14)27-21(32)13-30-8-6-18(7-9-30)31-20-5-4-17(23(24,25)26)12-19(20)28-29-31/h4-5,10-12,18H,6-9,13H2,1-3H3,(H,27,32). The van der Waals surface area contributed by atoms with Crippen molar-refractivity contribution in [3.63, 3.8) is 0 Å². The smallest absolute Gasteiger partial charge is 0.324 e. The minimum absolute atomic E-state index is 0.0395. The highest BCUT2D eigenvalue weighted by Gasteiger charge is 2.31. The van der Waals surface area contributed by atoms with Gasteiger partial charge in [-0.05, 0) is 62.9 Å². The van der Waals surface area contributed by atoms with Crippen LogP contribution in [0.3, 0.4) is 0 Å². The van der Waals surface area contributed by atoms with Crippen LogP contribution >= 0.6 is 0 Å². The summed E-state index contributed by atoms with van der Waals surface area (Å²) >= 11 is 0. The maximum Gasteiger partial charge on any atom is 0.416 e. The van der Waals surface area contributed by atoms with E-state index >= 15 is 0 Å². The molecule has 2 aromatic carbocycles. The first-order valence-electron chi connectivity index (χ1n) is 10.6. The Hall–Kier alpha value is -2.94. The van der Waals surface area contributed by atoms with Crippen LogP contribution < -0.4 is 5.32 Å². The Bertz CT molecular complexity index is 1120. The van der Waals surface area contributed by atoms with Crippen LogP contribution in [0.25, 0.3) is 11.0 Å². The van der Waals surface area contributed by atoms with Crippen LogP contribution in [0.2, 0.25) is 0 Å². The molecule has 1 fully saturated rings. The molecule has 0 saturated carbocycles. The number of anilines is 1. The van der Waals surface area contributed by atoms with Crippen molar-refractivity contribution in [1.82, 2.24) is 19.9 Å². The van der Waals surface area contributed by atoms with Crippen molar-refractivity contribution in [2.45, 2.75) is 45.8 Å². The summed E-state index contributed by atoms with van der Waals surface area (Å²) < 4.78 is 40.5. The van der Waals surface area contributed by atoms with E-state index in [4.69, 9.17) is 0 Å². The quantitative estimate of drug-likeness (QED) is 0.635. The van der Waals surface area contributed by atoms with Gasteiger partial charge >= 0.3 is 6.18 Å². The highest BCUT2D eigenvalue weighted by atomic mass is 19.4. The molecule has 3 aromatic rings. The number of fused-ring (bicyclic) bond motifs is 1. The number of hydrogen-bond donors (Lipinski definition) is 1. The molecule has 1 aliphatic heterocycles. The molecule has 6 nitrogen and oxygen atoms in total. The fourth-order valence-electron chi connectivity index (χ4n) is 4.47. The predicted molar refractivity (Wildman–Crippen MR) is 117 cm³/mol. The average molecular weight is 445 g/mol. The molecule has 32 heavy (non-hydrogen) atoms. The number of carbonyl (C=O) groups is 1. The third-order valence-corrected chi connectivity index (χ3v) is 6.01. The van der Waals surface area contributed by atoms with E-state index in [2.05, 4.69) is 20.5 Å². The molecule has 170 valence electrons. The van der Waals surface area contributed by atoms with E-state index < -0.39 is 11.7 Å². The number of amides is 1. The fraction of sp³-hybridized carbons (Fsp3) is 0.435. The molecule has 0 bridgehead atoms. The Balaban J connectivity index is 1.37. The molecular weight excluding hydrogens is 419 g/mol. The number of nitrogens with zero attached hydrogens (tertiary/aromatic N) is 4. The van der Waals surface area contributed by atoms with Gasteiger partial charge in [0, 0.05) is 18.8 Å². The zero-order valence-electron chi connectivity index (χ0n) is 18.3. The Kier molecular flexibility index (Phi) is 5.94. The largest absolute Gasteiger partial charge is 0.416 e. The van der Waals surface area contributed by atoms with E-state index in [-0.39, 0.29) is 17.5 Å². The minimum atomic E-state index is -4.40. The lowest BCUT2D eigenvalue weighted by molar-refractivity contribution is -0.137. The summed E-state index contributed by atoms with van der Waals surface area (Å²) in [5.41, 5.74) is 4.22. The number of likely N-dealkylation sites (tertiary alicyclic amines) is 1. The molecule has 1 N–H and O–H groups in total. The second-order valence-electron chi connectivity index (χ2n) is 8.56. The third kappa shape index (κ3) is 4.62. The van der Waals surface area contributed by atoms with E-state index in [1.807, 2.05) is 32.9 Å². The maximum absolute atomic E-state index is 12.9. The molecular formula is C23H26F3N5O. The number of alkyl halides is 3. The van der Waals surface area contributed by atoms with Crippen LogP contribution in [-0.4, -0.2) is 45.4 Å². The van der Waals surface area contributed by atoms with Crippen LogP contribution in [-0.2, 0) is 11.0 Å². The second-order valence-corrected chi connectivity index (χ2v) is 8.56. The minimum Gasteiger partial charge on any atom is -0.324 e. The van der Waals surface area contributed by atoms with E-state index in [1.54, 1.807) is 4.68 Å². The number of aromatic nitrogens is 3. The Morgan fingerprint density at radius 2 is 1.75 bits per heavy atom. The fourth-order valence-corrected chi connectivity index (χ4v) is 4.47. The second kappa shape index (κ2) is 8.54. The number of rotatable bonds is 4. The van der Waals surface area contributed by atoms with E-state index in [0.717, 1.165) is 47.4 Å². The summed E-state index contributed by atoms with van der Waals surface area (Å²) in [6.07, 6.45) is -2.91. The number of nitrogens with one attached hydrogen (secondary N) is 1. The van der Waals surface area contributed by atoms with Gasteiger partial charge in [-0.2, -0.15) is 13.2 Å². The van der Waals surface area contributed by atoms with Gasteiger partial charge in [-0.3, -0.25) is 9.69 Å². The molecule has 0 radical (unpaired) electrons. The number of halogens is 3. The lowest BCUT2D eigenvalue weighted by Gasteiger charge is -2.31. The van der Waals surface area contributed by atoms with Crippen molar-refractivity contribution < 1.29 is 18.0 Å². The van der Waals surface area contributed by atoms with Gasteiger partial charge in [-0.15, -0.1) is 5.10 Å². The highest BCUT2D eigenvalue weighted by molar-refractivity contribution is 5.93. The number of hydrogen-bond acceptors (Lipinski definition) is 4. The van der Waals surface area contributed by atoms with E-state index in [1.165, 1.54) is 6.07 Å². The number of aryl methyl sites for hydroxylation is 3. The molecule has 1 amide bonds. The van der Waals surface area contributed by atoms with Crippen LogP contribution in [0.15, 0.2) is 30.3 Å². The Labute approximate surface area is 184 Å². The number of piperidine rings is 1. The van der Waals surface area contributed by atoms with Crippen molar-refractivity contribution in [3.05, 3.63) is 52.6 Å². The van der Waals surface area contributed by atoms with Crippen molar-refractivity contribution in [2.75, 3.05) is 25.0 Å². The zero-order chi connectivity index (χ0) is 23.0. The number of benzene rings is 2. The molecule has 0 spiro atoms. The van der Waals surface area contributed by atoms with Crippen LogP contribution in [0, 0.1) is 20.8 Å². The Morgan fingerprint density at radius 3 is 2.38 bits per heavy atom. The molecule has 4 rings (SSSR count). The summed E-state index contributed by atoms with van der Waals surface area (Å²) in [5, 5.41) is 11.1. The van der Waals surface area contributed by atoms with Crippen molar-refractivity contribution in [2.24, 2.45) is 0 Å². The first kappa shape index (κ1) is 22.3. The van der Waals surface area contributed by atoms with Gasteiger partial charge in [0.25, 0.3) is 0 Å². The molecule has 1 saturated heterocycles. The topological polar surface area (TPSA) is 63.1 Å². The molecule has 0 aliphatic carbocycles. The zero-order valence-corrected chi connectivity index (χ0v) is 18.3. The summed E-state index contributed by atoms with van der Waals surface area (Å²) in [4.78, 5) is 14.7. The average Bonchev–Trinajstić information content (AvgIpc) is 3.14. The normalized spacial score (nSPS) is 15.9. The molecule has 9 heteroatoms. The highest BCUT2D eigenvalue weighted by Crippen LogP contribution is 2.32. The van der Waals surface area contributed by atoms with Gasteiger partial charge in [0.05, 0.1) is 23.7 Å². The Morgan fingerprint density at radius 1 is 1.09 bits per heavy atom. The number of carbonyl (C=O) groups excluding carboxylic acids is 1. The first-order valence-corrected chi connectivity index (χ1v) is 10.6. The lowest BCUT2D eigenvalue weighted by Crippen LogP contribution is -2.40. The van der Waals surface area contributed by atoms with E-state index in [0.29, 0.717) is 25.2 Å². The van der Waals surface area contributed by atoms with Gasteiger partial charge in [-0.1, -0.05) is 22.9 Å². The summed E-state index contributed by atoms with van der Waals surface area (Å²) in [6, 6.07) is 7.68. The van der Waals surface area contributed by atoms with Crippen molar-refractivity contribution >= 4 is 22.6 Å². The third-order valence-electron chi connectivity index (χ3n) is 6.01. The van der Waals surface area contributed by atoms with Crippen molar-refractivity contribution in [3.8, 4) is 0 Å². The van der Waals surface area contributed by atoms with Crippen molar-refractivity contribution in [1.29, 1.82) is 0 Å². The van der Waals surface area contributed by atoms with Gasteiger partial charge in [0.15, 0.2) is 0 Å². The van der Waals surface area contributed by atoms with E-state index in [9.17, 15) is 18.0 Å². The maximum atomic E-state index is 12.9. The summed E-state index contributed by atoms with van der Waals surface area (Å²) in [6.45, 7) is 7.70. The summed E-state index contributed by atoms with van der Waals surface area (Å²) in [5.74, 6) is -0.0515.